The van der Waals surface area contributed by atoms with Gasteiger partial charge in [-0.3, -0.25) is 4.79 Å². The third kappa shape index (κ3) is 6.33. The topological polar surface area (TPSA) is 53.3 Å². The number of aryl methyl sites for hydroxylation is 2. The van der Waals surface area contributed by atoms with E-state index in [0.29, 0.717) is 21.8 Å². The van der Waals surface area contributed by atoms with Crippen LogP contribution in [0.25, 0.3) is 0 Å². The van der Waals surface area contributed by atoms with Crippen molar-refractivity contribution in [1.29, 1.82) is 5.26 Å². The molecule has 0 fully saturated rings. The Hall–Kier alpha value is -3.01. The average molecular weight is 376 g/mol. The van der Waals surface area contributed by atoms with Crippen molar-refractivity contribution in [3.05, 3.63) is 64.7 Å². The average Bonchev–Trinajstić information content (AvgIpc) is 2.61. The van der Waals surface area contributed by atoms with Crippen molar-refractivity contribution in [2.24, 2.45) is 0 Å². The first-order valence-electron chi connectivity index (χ1n) is 8.21. The van der Waals surface area contributed by atoms with Crippen LogP contribution in [-0.4, -0.2) is 30.1 Å². The maximum atomic E-state index is 12.9. The van der Waals surface area contributed by atoms with E-state index < -0.39 is 25.2 Å². The summed E-state index contributed by atoms with van der Waals surface area (Å²) in [4.78, 5) is 13.1. The molecule has 0 spiro atoms. The van der Waals surface area contributed by atoms with Crippen molar-refractivity contribution in [2.45, 2.75) is 26.6 Å². The van der Waals surface area contributed by atoms with E-state index in [1.165, 1.54) is 24.3 Å². The number of alkyl halides is 3. The van der Waals surface area contributed by atoms with Crippen LogP contribution in [0.15, 0.2) is 42.5 Å². The van der Waals surface area contributed by atoms with Crippen LogP contribution in [0, 0.1) is 25.2 Å². The molecule has 0 aliphatic heterocycles. The summed E-state index contributed by atoms with van der Waals surface area (Å²) in [5.41, 5.74) is 2.61. The summed E-state index contributed by atoms with van der Waals surface area (Å²) in [5.74, 6) is -0.300. The van der Waals surface area contributed by atoms with Crippen LogP contribution in [0.2, 0.25) is 0 Å². The first-order valence-corrected chi connectivity index (χ1v) is 8.21. The molecule has 142 valence electrons. The molecule has 2 aromatic carbocycles. The molecule has 0 bridgehead atoms. The zero-order valence-corrected chi connectivity index (χ0v) is 15.0. The van der Waals surface area contributed by atoms with Crippen molar-refractivity contribution in [2.75, 3.05) is 13.2 Å². The summed E-state index contributed by atoms with van der Waals surface area (Å²) in [6.07, 6.45) is -4.53. The van der Waals surface area contributed by atoms with E-state index in [0.717, 1.165) is 11.1 Å². The van der Waals surface area contributed by atoms with Crippen molar-refractivity contribution in [3.63, 3.8) is 0 Å². The summed E-state index contributed by atoms with van der Waals surface area (Å²) in [6.45, 7) is 1.57. The number of nitrogens with zero attached hydrogens (tertiary/aromatic N) is 2. The minimum absolute atomic E-state index is 0.222. The van der Waals surface area contributed by atoms with Gasteiger partial charge in [0.1, 0.15) is 12.3 Å². The smallest absolute Gasteiger partial charge is 0.406 e. The lowest BCUT2D eigenvalue weighted by Gasteiger charge is -2.24. The molecule has 0 unspecified atom stereocenters. The molecule has 0 aliphatic carbocycles. The SMILES string of the molecule is Cc1ccc(C)c(OCC(=O)N(Cc2ccc(C#N)cc2)CC(F)(F)F)c1. The quantitative estimate of drug-likeness (QED) is 0.761. The van der Waals surface area contributed by atoms with Gasteiger partial charge >= 0.3 is 6.18 Å². The highest BCUT2D eigenvalue weighted by Crippen LogP contribution is 2.21. The van der Waals surface area contributed by atoms with Gasteiger partial charge in [0, 0.05) is 6.54 Å². The number of hydrogen-bond donors (Lipinski definition) is 0. The van der Waals surface area contributed by atoms with Gasteiger partial charge in [0.25, 0.3) is 5.91 Å². The highest BCUT2D eigenvalue weighted by atomic mass is 19.4. The van der Waals surface area contributed by atoms with Gasteiger partial charge in [-0.25, -0.2) is 0 Å². The predicted octanol–water partition coefficient (Wildman–Crippen LogP) is 4.15. The molecule has 1 amide bonds. The fourth-order valence-electron chi connectivity index (χ4n) is 2.45. The molecule has 0 aromatic heterocycles. The van der Waals surface area contributed by atoms with Crippen LogP contribution in [0.1, 0.15) is 22.3 Å². The number of halogens is 3. The second-order valence-corrected chi connectivity index (χ2v) is 6.23. The Bertz CT molecular complexity index is 840. The minimum atomic E-state index is -4.53. The Morgan fingerprint density at radius 1 is 1.15 bits per heavy atom. The first kappa shape index (κ1) is 20.3. The van der Waals surface area contributed by atoms with Gasteiger partial charge in [-0.15, -0.1) is 0 Å². The molecule has 2 aromatic rings. The van der Waals surface area contributed by atoms with E-state index in [1.807, 2.05) is 25.1 Å². The maximum Gasteiger partial charge on any atom is 0.406 e. The Labute approximate surface area is 155 Å². The van der Waals surface area contributed by atoms with E-state index in [9.17, 15) is 18.0 Å². The van der Waals surface area contributed by atoms with Crippen molar-refractivity contribution < 1.29 is 22.7 Å². The fourth-order valence-corrected chi connectivity index (χ4v) is 2.45. The largest absolute Gasteiger partial charge is 0.483 e. The van der Waals surface area contributed by atoms with Crippen LogP contribution in [0.3, 0.4) is 0 Å². The summed E-state index contributed by atoms with van der Waals surface area (Å²) in [6, 6.07) is 13.4. The van der Waals surface area contributed by atoms with Crippen LogP contribution in [0.4, 0.5) is 13.2 Å². The zero-order chi connectivity index (χ0) is 20.0. The van der Waals surface area contributed by atoms with E-state index >= 15 is 0 Å². The van der Waals surface area contributed by atoms with Crippen LogP contribution in [0.5, 0.6) is 5.75 Å². The molecule has 7 heteroatoms. The minimum Gasteiger partial charge on any atom is -0.483 e. The fraction of sp³-hybridized carbons (Fsp3) is 0.300. The Balaban J connectivity index is 2.10. The van der Waals surface area contributed by atoms with Gasteiger partial charge in [0.15, 0.2) is 6.61 Å². The number of nitriles is 1. The second kappa shape index (κ2) is 8.58. The van der Waals surface area contributed by atoms with Gasteiger partial charge in [-0.1, -0.05) is 24.3 Å². The van der Waals surface area contributed by atoms with Crippen molar-refractivity contribution in [3.8, 4) is 11.8 Å². The third-order valence-electron chi connectivity index (χ3n) is 3.87. The summed E-state index contributed by atoms with van der Waals surface area (Å²) < 4.78 is 44.1. The molecule has 0 saturated carbocycles. The monoisotopic (exact) mass is 376 g/mol. The van der Waals surface area contributed by atoms with Crippen LogP contribution in [-0.2, 0) is 11.3 Å². The zero-order valence-electron chi connectivity index (χ0n) is 15.0. The van der Waals surface area contributed by atoms with Crippen molar-refractivity contribution in [1.82, 2.24) is 4.90 Å². The Morgan fingerprint density at radius 3 is 2.41 bits per heavy atom. The molecule has 0 N–H and O–H groups in total. The number of ether oxygens (including phenoxy) is 1. The van der Waals surface area contributed by atoms with Gasteiger partial charge in [-0.05, 0) is 48.7 Å². The molecule has 2 rings (SSSR count). The lowest BCUT2D eigenvalue weighted by atomic mass is 10.1. The summed E-state index contributed by atoms with van der Waals surface area (Å²) >= 11 is 0. The molecular weight excluding hydrogens is 357 g/mol. The van der Waals surface area contributed by atoms with E-state index in [2.05, 4.69) is 0 Å². The molecule has 0 atom stereocenters. The van der Waals surface area contributed by atoms with E-state index in [-0.39, 0.29) is 6.54 Å². The first-order chi connectivity index (χ1) is 12.7. The van der Waals surface area contributed by atoms with Crippen LogP contribution < -0.4 is 4.74 Å². The molecule has 0 saturated heterocycles. The number of amides is 1. The Morgan fingerprint density at radius 2 is 1.81 bits per heavy atom. The highest BCUT2D eigenvalue weighted by Gasteiger charge is 2.33. The number of carbonyl (C=O) groups is 1. The molecule has 4 nitrogen and oxygen atoms in total. The lowest BCUT2D eigenvalue weighted by Crippen LogP contribution is -2.41. The number of rotatable bonds is 6. The number of benzene rings is 2. The third-order valence-corrected chi connectivity index (χ3v) is 3.87. The van der Waals surface area contributed by atoms with E-state index in [1.54, 1.807) is 13.0 Å². The normalized spacial score (nSPS) is 11.0. The van der Waals surface area contributed by atoms with Crippen LogP contribution >= 0.6 is 0 Å². The molecule has 0 heterocycles. The second-order valence-electron chi connectivity index (χ2n) is 6.23. The molecule has 0 aliphatic rings. The molecule has 27 heavy (non-hydrogen) atoms. The maximum absolute atomic E-state index is 12.9. The summed E-state index contributed by atoms with van der Waals surface area (Å²) in [5, 5.41) is 8.79. The van der Waals surface area contributed by atoms with Gasteiger partial charge in [-0.2, -0.15) is 18.4 Å². The predicted molar refractivity (Wildman–Crippen MR) is 94.0 cm³/mol. The Kier molecular flexibility index (Phi) is 6.45. The van der Waals surface area contributed by atoms with E-state index in [4.69, 9.17) is 10.00 Å². The van der Waals surface area contributed by atoms with Crippen molar-refractivity contribution >= 4 is 5.91 Å². The highest BCUT2D eigenvalue weighted by molar-refractivity contribution is 5.78. The standard InChI is InChI=1S/C20H19F3N2O2/c1-14-3-4-15(2)18(9-14)27-12-19(26)25(13-20(21,22)23)11-17-7-5-16(10-24)6-8-17/h3-9H,11-13H2,1-2H3. The molecular formula is C20H19F3N2O2. The number of carbonyl (C=O) groups excluding carboxylic acids is 1. The summed E-state index contributed by atoms with van der Waals surface area (Å²) in [7, 11) is 0. The molecule has 0 radical (unpaired) electrons. The van der Waals surface area contributed by atoms with Gasteiger partial charge < -0.3 is 9.64 Å². The lowest BCUT2D eigenvalue weighted by molar-refractivity contribution is -0.163. The van der Waals surface area contributed by atoms with Gasteiger partial charge in [0.2, 0.25) is 0 Å². The number of hydrogen-bond acceptors (Lipinski definition) is 3. The van der Waals surface area contributed by atoms with Gasteiger partial charge in [0.05, 0.1) is 11.6 Å².